The number of hydrogen-bond donors (Lipinski definition) is 1. The third kappa shape index (κ3) is 5.94. The number of benzene rings is 2. The molecule has 2 aromatic carbocycles. The lowest BCUT2D eigenvalue weighted by molar-refractivity contribution is 0.0945. The van der Waals surface area contributed by atoms with Gasteiger partial charge in [-0.1, -0.05) is 13.8 Å². The highest BCUT2D eigenvalue weighted by molar-refractivity contribution is 5.94. The van der Waals surface area contributed by atoms with Gasteiger partial charge in [0, 0.05) is 50.0 Å². The molecule has 0 atom stereocenters. The summed E-state index contributed by atoms with van der Waals surface area (Å²) in [6, 6.07) is 13.0. The van der Waals surface area contributed by atoms with Crippen LogP contribution in [0.2, 0.25) is 0 Å². The fourth-order valence-electron chi connectivity index (χ4n) is 5.89. The van der Waals surface area contributed by atoms with Crippen LogP contribution in [0.25, 0.3) is 27.4 Å². The van der Waals surface area contributed by atoms with Gasteiger partial charge in [-0.25, -0.2) is 14.8 Å². The van der Waals surface area contributed by atoms with Crippen LogP contribution in [0, 0.1) is 12.5 Å². The fraction of sp³-hybridized carbons (Fsp3) is 0.424. The lowest BCUT2D eigenvalue weighted by atomic mass is 9.96. The first-order valence-corrected chi connectivity index (χ1v) is 15.0. The third-order valence-electron chi connectivity index (χ3n) is 8.41. The molecule has 2 aromatic heterocycles. The Balaban J connectivity index is 1.03. The van der Waals surface area contributed by atoms with Crippen molar-refractivity contribution < 1.29 is 9.21 Å². The monoisotopic (exact) mass is 563 g/mol. The number of rotatable bonds is 7. The van der Waals surface area contributed by atoms with Crippen molar-refractivity contribution in [3.05, 3.63) is 71.2 Å². The van der Waals surface area contributed by atoms with Gasteiger partial charge in [0.05, 0.1) is 12.1 Å². The van der Waals surface area contributed by atoms with Gasteiger partial charge in [0.15, 0.2) is 11.3 Å². The molecular formula is C33H37N7O2. The van der Waals surface area contributed by atoms with Crippen LogP contribution in [-0.2, 0) is 0 Å². The Morgan fingerprint density at radius 2 is 1.79 bits per heavy atom. The molecule has 0 radical (unpaired) electrons. The standard InChI is InChI=1S/C33H37N7O2/c1-22(2)27-19-26(34-3)20-28-30(27)42-32(37-28)25-9-7-24(8-10-25)31(41)36-21-23-12-17-39(18-13-23)29-11-14-35-33(38-29)40-15-5-4-6-16-40/h7-11,14,19-20,22-23H,4-6,12-13,15-18,21H2,1-2H3,(H,36,41). The SMILES string of the molecule is [C-]#[N+]c1cc(C(C)C)c2oc(-c3ccc(C(=O)NCC4CCN(c5ccnc(N6CCCCC6)n5)CC4)cc3)nc2c1. The second-order valence-corrected chi connectivity index (χ2v) is 11.6. The highest BCUT2D eigenvalue weighted by Crippen LogP contribution is 2.34. The van der Waals surface area contributed by atoms with Crippen LogP contribution >= 0.6 is 0 Å². The van der Waals surface area contributed by atoms with Gasteiger partial charge >= 0.3 is 0 Å². The molecule has 4 heterocycles. The quantitative estimate of drug-likeness (QED) is 0.254. The summed E-state index contributed by atoms with van der Waals surface area (Å²) in [5.74, 6) is 2.89. The molecule has 1 amide bonds. The number of piperidine rings is 2. The number of nitrogens with one attached hydrogen (secondary N) is 1. The van der Waals surface area contributed by atoms with Crippen molar-refractivity contribution in [2.45, 2.75) is 51.9 Å². The van der Waals surface area contributed by atoms with Gasteiger partial charge in [0.2, 0.25) is 11.8 Å². The molecule has 0 saturated carbocycles. The molecule has 2 aliphatic heterocycles. The van der Waals surface area contributed by atoms with Crippen LogP contribution in [0.1, 0.15) is 67.8 Å². The second kappa shape index (κ2) is 12.2. The highest BCUT2D eigenvalue weighted by Gasteiger charge is 2.23. The summed E-state index contributed by atoms with van der Waals surface area (Å²) >= 11 is 0. The maximum Gasteiger partial charge on any atom is 0.251 e. The van der Waals surface area contributed by atoms with E-state index in [0.29, 0.717) is 40.7 Å². The summed E-state index contributed by atoms with van der Waals surface area (Å²) in [5, 5.41) is 3.13. The zero-order valence-electron chi connectivity index (χ0n) is 24.3. The fourth-order valence-corrected chi connectivity index (χ4v) is 5.89. The third-order valence-corrected chi connectivity index (χ3v) is 8.41. The summed E-state index contributed by atoms with van der Waals surface area (Å²) in [5.41, 5.74) is 4.32. The minimum atomic E-state index is -0.0766. The average Bonchev–Trinajstić information content (AvgIpc) is 3.48. The van der Waals surface area contributed by atoms with Crippen molar-refractivity contribution in [1.82, 2.24) is 20.3 Å². The Morgan fingerprint density at radius 3 is 2.50 bits per heavy atom. The van der Waals surface area contributed by atoms with E-state index in [4.69, 9.17) is 16.0 Å². The molecule has 0 aliphatic carbocycles. The number of amides is 1. The van der Waals surface area contributed by atoms with Crippen molar-refractivity contribution in [3.8, 4) is 11.5 Å². The summed E-state index contributed by atoms with van der Waals surface area (Å²) in [4.78, 5) is 35.2. The number of aromatic nitrogens is 3. The second-order valence-electron chi connectivity index (χ2n) is 11.6. The maximum atomic E-state index is 12.9. The van der Waals surface area contributed by atoms with Crippen molar-refractivity contribution in [2.75, 3.05) is 42.5 Å². The van der Waals surface area contributed by atoms with Crippen LogP contribution in [0.3, 0.4) is 0 Å². The summed E-state index contributed by atoms with van der Waals surface area (Å²) in [6.07, 6.45) is 7.59. The van der Waals surface area contributed by atoms with E-state index >= 15 is 0 Å². The average molecular weight is 564 g/mol. The number of fused-ring (bicyclic) bond motifs is 1. The van der Waals surface area contributed by atoms with E-state index in [9.17, 15) is 4.79 Å². The Bertz CT molecular complexity index is 1590. The van der Waals surface area contributed by atoms with Gasteiger partial charge in [-0.2, -0.15) is 4.98 Å². The number of nitrogens with zero attached hydrogens (tertiary/aromatic N) is 6. The molecule has 2 saturated heterocycles. The van der Waals surface area contributed by atoms with Gasteiger partial charge in [0.25, 0.3) is 5.91 Å². The largest absolute Gasteiger partial charge is 0.436 e. The van der Waals surface area contributed by atoms with E-state index in [1.54, 1.807) is 6.07 Å². The van der Waals surface area contributed by atoms with Crippen LogP contribution < -0.4 is 15.1 Å². The van der Waals surface area contributed by atoms with Crippen molar-refractivity contribution in [3.63, 3.8) is 0 Å². The lowest BCUT2D eigenvalue weighted by Gasteiger charge is -2.33. The Morgan fingerprint density at radius 1 is 1.02 bits per heavy atom. The predicted molar refractivity (Wildman–Crippen MR) is 165 cm³/mol. The minimum Gasteiger partial charge on any atom is -0.436 e. The number of carbonyl (C=O) groups is 1. The van der Waals surface area contributed by atoms with Gasteiger partial charge in [0.1, 0.15) is 5.82 Å². The number of carbonyl (C=O) groups excluding carboxylic acids is 1. The smallest absolute Gasteiger partial charge is 0.251 e. The molecule has 0 bridgehead atoms. The van der Waals surface area contributed by atoms with Gasteiger partial charge in [-0.05, 0) is 92.0 Å². The Hall–Kier alpha value is -4.45. The zero-order chi connectivity index (χ0) is 29.1. The van der Waals surface area contributed by atoms with E-state index in [-0.39, 0.29) is 11.8 Å². The van der Waals surface area contributed by atoms with Crippen molar-refractivity contribution in [2.24, 2.45) is 5.92 Å². The van der Waals surface area contributed by atoms with Gasteiger partial charge in [-0.15, -0.1) is 0 Å². The van der Waals surface area contributed by atoms with E-state index in [2.05, 4.69) is 43.8 Å². The topological polar surface area (TPSA) is 91.8 Å². The highest BCUT2D eigenvalue weighted by atomic mass is 16.3. The molecule has 0 spiro atoms. The molecule has 216 valence electrons. The molecule has 42 heavy (non-hydrogen) atoms. The van der Waals surface area contributed by atoms with Gasteiger partial charge < -0.3 is 19.5 Å². The van der Waals surface area contributed by atoms with Crippen LogP contribution in [0.5, 0.6) is 0 Å². The summed E-state index contributed by atoms with van der Waals surface area (Å²) in [7, 11) is 0. The molecule has 1 N–H and O–H groups in total. The first-order chi connectivity index (χ1) is 20.5. The Labute approximate surface area is 246 Å². The molecule has 9 heteroatoms. The van der Waals surface area contributed by atoms with Crippen LogP contribution in [0.15, 0.2) is 53.1 Å². The molecule has 2 fully saturated rings. The van der Waals surface area contributed by atoms with E-state index in [0.717, 1.165) is 61.9 Å². The molecule has 6 rings (SSSR count). The van der Waals surface area contributed by atoms with E-state index in [1.807, 2.05) is 42.6 Å². The summed E-state index contributed by atoms with van der Waals surface area (Å²) < 4.78 is 6.12. The number of hydrogen-bond acceptors (Lipinski definition) is 7. The van der Waals surface area contributed by atoms with Crippen molar-refractivity contribution in [1.29, 1.82) is 0 Å². The van der Waals surface area contributed by atoms with Crippen LogP contribution in [-0.4, -0.2) is 53.6 Å². The molecular weight excluding hydrogens is 526 g/mol. The predicted octanol–water partition coefficient (Wildman–Crippen LogP) is 6.60. The molecule has 9 nitrogen and oxygen atoms in total. The molecule has 0 unspecified atom stereocenters. The maximum absolute atomic E-state index is 12.9. The first kappa shape index (κ1) is 27.7. The van der Waals surface area contributed by atoms with E-state index < -0.39 is 0 Å². The number of anilines is 2. The number of oxazole rings is 1. The minimum absolute atomic E-state index is 0.0766. The summed E-state index contributed by atoms with van der Waals surface area (Å²) in [6.45, 7) is 16.1. The molecule has 4 aromatic rings. The first-order valence-electron chi connectivity index (χ1n) is 15.0. The zero-order valence-corrected chi connectivity index (χ0v) is 24.3. The van der Waals surface area contributed by atoms with Crippen LogP contribution in [0.4, 0.5) is 17.5 Å². The van der Waals surface area contributed by atoms with E-state index in [1.165, 1.54) is 19.3 Å². The van der Waals surface area contributed by atoms with Crippen molar-refractivity contribution >= 4 is 34.5 Å². The normalized spacial score (nSPS) is 16.1. The lowest BCUT2D eigenvalue weighted by Crippen LogP contribution is -2.39. The Kier molecular flexibility index (Phi) is 8.04. The van der Waals surface area contributed by atoms with Gasteiger partial charge in [-0.3, -0.25) is 4.79 Å². The molecule has 2 aliphatic rings.